The lowest BCUT2D eigenvalue weighted by Gasteiger charge is -2.34. The Bertz CT molecular complexity index is 343. The largest absolute Gasteiger partial charge is 0.176 e. The van der Waals surface area contributed by atoms with E-state index in [0.29, 0.717) is 5.41 Å². The first-order valence-corrected chi connectivity index (χ1v) is 9.09. The standard InChI is InChI=1S/C15H24ClSi/c1-6-14(2,3)12-17(16)15(4,5)13-10-8-7-9-11-13/h7-11H,6,12H2,1-5H3. The van der Waals surface area contributed by atoms with E-state index in [-0.39, 0.29) is 5.04 Å². The van der Waals surface area contributed by atoms with Crippen molar-refractivity contribution in [2.24, 2.45) is 5.41 Å². The summed E-state index contributed by atoms with van der Waals surface area (Å²) in [7, 11) is -0.915. The van der Waals surface area contributed by atoms with Crippen LogP contribution in [0.15, 0.2) is 30.3 Å². The van der Waals surface area contributed by atoms with E-state index in [1.54, 1.807) is 0 Å². The molecule has 0 N–H and O–H groups in total. The first kappa shape index (κ1) is 14.8. The van der Waals surface area contributed by atoms with Crippen LogP contribution < -0.4 is 0 Å². The molecule has 0 saturated carbocycles. The summed E-state index contributed by atoms with van der Waals surface area (Å²) in [4.78, 5) is 0. The smallest absolute Gasteiger partial charge is 0.168 e. The Balaban J connectivity index is 2.84. The van der Waals surface area contributed by atoms with Crippen LogP contribution in [0, 0.1) is 5.41 Å². The van der Waals surface area contributed by atoms with Crippen LogP contribution in [-0.2, 0) is 5.04 Å². The van der Waals surface area contributed by atoms with Gasteiger partial charge in [0.1, 0.15) is 0 Å². The highest BCUT2D eigenvalue weighted by Crippen LogP contribution is 2.37. The van der Waals surface area contributed by atoms with Gasteiger partial charge in [-0.25, -0.2) is 0 Å². The fraction of sp³-hybridized carbons (Fsp3) is 0.600. The first-order valence-electron chi connectivity index (χ1n) is 6.37. The van der Waals surface area contributed by atoms with Crippen LogP contribution in [0.2, 0.25) is 6.04 Å². The zero-order valence-corrected chi connectivity index (χ0v) is 13.4. The Morgan fingerprint density at radius 2 is 1.59 bits per heavy atom. The van der Waals surface area contributed by atoms with E-state index in [0.717, 1.165) is 6.04 Å². The predicted molar refractivity (Wildman–Crippen MR) is 80.0 cm³/mol. The summed E-state index contributed by atoms with van der Waals surface area (Å²) in [5.74, 6) is 0. The van der Waals surface area contributed by atoms with Gasteiger partial charge in [-0.3, -0.25) is 0 Å². The van der Waals surface area contributed by atoms with E-state index in [1.165, 1.54) is 12.0 Å². The minimum absolute atomic E-state index is 0.125. The molecule has 0 atom stereocenters. The highest BCUT2D eigenvalue weighted by molar-refractivity contribution is 7.08. The van der Waals surface area contributed by atoms with Gasteiger partial charge < -0.3 is 0 Å². The van der Waals surface area contributed by atoms with Gasteiger partial charge in [0, 0.05) is 0 Å². The van der Waals surface area contributed by atoms with E-state index in [2.05, 4.69) is 65.0 Å². The molecule has 1 radical (unpaired) electrons. The molecule has 2 heteroatoms. The Morgan fingerprint density at radius 3 is 2.06 bits per heavy atom. The van der Waals surface area contributed by atoms with Gasteiger partial charge in [-0.2, -0.15) is 11.1 Å². The van der Waals surface area contributed by atoms with Gasteiger partial charge in [-0.05, 0) is 22.1 Å². The van der Waals surface area contributed by atoms with Crippen molar-refractivity contribution in [2.75, 3.05) is 0 Å². The minimum Gasteiger partial charge on any atom is -0.168 e. The van der Waals surface area contributed by atoms with Crippen LogP contribution in [0.5, 0.6) is 0 Å². The number of halogens is 1. The first-order chi connectivity index (χ1) is 7.79. The Labute approximate surface area is 113 Å². The topological polar surface area (TPSA) is 0 Å². The number of rotatable bonds is 5. The van der Waals surface area contributed by atoms with Crippen LogP contribution in [-0.4, -0.2) is 8.11 Å². The van der Waals surface area contributed by atoms with E-state index >= 15 is 0 Å². The van der Waals surface area contributed by atoms with Gasteiger partial charge in [0.05, 0.1) is 0 Å². The molecule has 0 heterocycles. The summed E-state index contributed by atoms with van der Waals surface area (Å²) < 4.78 is 0. The predicted octanol–water partition coefficient (Wildman–Crippen LogP) is 5.17. The maximum absolute atomic E-state index is 6.77. The van der Waals surface area contributed by atoms with Crippen molar-refractivity contribution >= 4 is 19.2 Å². The van der Waals surface area contributed by atoms with Crippen molar-refractivity contribution in [1.82, 2.24) is 0 Å². The third-order valence-electron chi connectivity index (χ3n) is 3.76. The summed E-state index contributed by atoms with van der Waals surface area (Å²) in [5.41, 5.74) is 1.73. The second-order valence-electron chi connectivity index (χ2n) is 6.09. The third-order valence-corrected chi connectivity index (χ3v) is 8.50. The zero-order chi connectivity index (χ0) is 13.1. The van der Waals surface area contributed by atoms with Gasteiger partial charge in [-0.1, -0.05) is 71.4 Å². The molecule has 1 rings (SSSR count). The molecule has 0 nitrogen and oxygen atoms in total. The molecule has 17 heavy (non-hydrogen) atoms. The summed E-state index contributed by atoms with van der Waals surface area (Å²) in [6.07, 6.45) is 1.19. The van der Waals surface area contributed by atoms with Crippen molar-refractivity contribution in [3.8, 4) is 0 Å². The average Bonchev–Trinajstić information content (AvgIpc) is 2.29. The van der Waals surface area contributed by atoms with E-state index in [4.69, 9.17) is 11.1 Å². The van der Waals surface area contributed by atoms with E-state index in [1.807, 2.05) is 0 Å². The van der Waals surface area contributed by atoms with Crippen molar-refractivity contribution in [3.05, 3.63) is 35.9 Å². The summed E-state index contributed by atoms with van der Waals surface area (Å²) in [5, 5.41) is 0.125. The van der Waals surface area contributed by atoms with Crippen LogP contribution in [0.4, 0.5) is 0 Å². The zero-order valence-electron chi connectivity index (χ0n) is 11.7. The summed E-state index contributed by atoms with van der Waals surface area (Å²) in [6.45, 7) is 11.5. The van der Waals surface area contributed by atoms with Crippen molar-refractivity contribution in [1.29, 1.82) is 0 Å². The van der Waals surface area contributed by atoms with Crippen LogP contribution in [0.1, 0.15) is 46.6 Å². The van der Waals surface area contributed by atoms with Crippen molar-refractivity contribution in [2.45, 2.75) is 52.1 Å². The molecule has 0 spiro atoms. The molecular weight excluding hydrogens is 244 g/mol. The third kappa shape index (κ3) is 3.85. The highest BCUT2D eigenvalue weighted by Gasteiger charge is 2.35. The molecular formula is C15H24ClSi. The lowest BCUT2D eigenvalue weighted by Crippen LogP contribution is -2.36. The maximum atomic E-state index is 6.77. The number of hydrogen-bond donors (Lipinski definition) is 0. The Kier molecular flexibility index (Phi) is 4.85. The molecule has 0 aliphatic carbocycles. The minimum atomic E-state index is -0.915. The second-order valence-corrected chi connectivity index (χ2v) is 9.87. The Hall–Kier alpha value is -0.273. The summed E-state index contributed by atoms with van der Waals surface area (Å²) in [6, 6.07) is 11.8. The van der Waals surface area contributed by atoms with Crippen molar-refractivity contribution < 1.29 is 0 Å². The molecule has 0 aliphatic heterocycles. The molecule has 1 aromatic rings. The van der Waals surface area contributed by atoms with Crippen molar-refractivity contribution in [3.63, 3.8) is 0 Å². The second kappa shape index (κ2) is 5.58. The molecule has 0 bridgehead atoms. The number of hydrogen-bond acceptors (Lipinski definition) is 0. The summed E-state index contributed by atoms with van der Waals surface area (Å²) >= 11 is 6.77. The molecule has 1 aromatic carbocycles. The van der Waals surface area contributed by atoms with Crippen LogP contribution in [0.25, 0.3) is 0 Å². The fourth-order valence-corrected chi connectivity index (χ4v) is 5.20. The normalized spacial score (nSPS) is 13.1. The molecule has 0 amide bonds. The molecule has 0 aliphatic rings. The van der Waals surface area contributed by atoms with Gasteiger partial charge >= 0.3 is 0 Å². The number of benzene rings is 1. The fourth-order valence-electron chi connectivity index (χ4n) is 1.78. The monoisotopic (exact) mass is 267 g/mol. The van der Waals surface area contributed by atoms with Gasteiger partial charge in [0.15, 0.2) is 8.11 Å². The molecule has 95 valence electrons. The Morgan fingerprint density at radius 1 is 1.06 bits per heavy atom. The lowest BCUT2D eigenvalue weighted by atomic mass is 9.93. The van der Waals surface area contributed by atoms with Gasteiger partial charge in [0.2, 0.25) is 0 Å². The van der Waals surface area contributed by atoms with E-state index in [9.17, 15) is 0 Å². The van der Waals surface area contributed by atoms with Crippen LogP contribution >= 0.6 is 11.1 Å². The van der Waals surface area contributed by atoms with Gasteiger partial charge in [0.25, 0.3) is 0 Å². The molecule has 0 fully saturated rings. The van der Waals surface area contributed by atoms with Crippen LogP contribution in [0.3, 0.4) is 0 Å². The SMILES string of the molecule is CCC(C)(C)C[Si](Cl)C(C)(C)c1ccccc1. The van der Waals surface area contributed by atoms with Gasteiger partial charge in [-0.15, -0.1) is 0 Å². The maximum Gasteiger partial charge on any atom is 0.176 e. The quantitative estimate of drug-likeness (QED) is 0.510. The molecule has 0 unspecified atom stereocenters. The average molecular weight is 268 g/mol. The lowest BCUT2D eigenvalue weighted by molar-refractivity contribution is 0.391. The molecule has 0 saturated heterocycles. The highest BCUT2D eigenvalue weighted by atomic mass is 35.6. The molecule has 0 aromatic heterocycles. The van der Waals surface area contributed by atoms with E-state index < -0.39 is 8.11 Å².